The Morgan fingerprint density at radius 1 is 1.00 bits per heavy atom. The zero-order chi connectivity index (χ0) is 19.9. The Labute approximate surface area is 162 Å². The van der Waals surface area contributed by atoms with Gasteiger partial charge in [-0.15, -0.1) is 0 Å². The molecule has 0 aliphatic carbocycles. The van der Waals surface area contributed by atoms with Gasteiger partial charge in [-0.1, -0.05) is 12.1 Å². The predicted molar refractivity (Wildman–Crippen MR) is 106 cm³/mol. The number of nitrogens with one attached hydrogen (secondary N) is 3. The van der Waals surface area contributed by atoms with Gasteiger partial charge >= 0.3 is 0 Å². The van der Waals surface area contributed by atoms with Crippen LogP contribution in [0.1, 0.15) is 28.9 Å². The van der Waals surface area contributed by atoms with E-state index in [1.807, 2.05) is 30.3 Å². The first-order valence-electron chi connectivity index (χ1n) is 8.68. The van der Waals surface area contributed by atoms with Crippen molar-refractivity contribution in [1.29, 1.82) is 0 Å². The molecule has 28 heavy (non-hydrogen) atoms. The Kier molecular flexibility index (Phi) is 5.91. The van der Waals surface area contributed by atoms with Gasteiger partial charge in [0.1, 0.15) is 17.3 Å². The molecule has 0 spiro atoms. The summed E-state index contributed by atoms with van der Waals surface area (Å²) in [6, 6.07) is 14.3. The van der Waals surface area contributed by atoms with E-state index in [9.17, 15) is 9.59 Å². The Balaban J connectivity index is 1.72. The van der Waals surface area contributed by atoms with Crippen molar-refractivity contribution >= 4 is 29.0 Å². The zero-order valence-electron chi connectivity index (χ0n) is 15.6. The zero-order valence-corrected chi connectivity index (χ0v) is 15.6. The molecule has 142 valence electrons. The molecule has 0 radical (unpaired) electrons. The van der Waals surface area contributed by atoms with Crippen LogP contribution in [0.25, 0.3) is 0 Å². The van der Waals surface area contributed by atoms with Crippen LogP contribution in [0.2, 0.25) is 0 Å². The summed E-state index contributed by atoms with van der Waals surface area (Å²) in [7, 11) is 0. The van der Waals surface area contributed by atoms with Crippen molar-refractivity contribution in [3.8, 4) is 0 Å². The van der Waals surface area contributed by atoms with Crippen molar-refractivity contribution in [1.82, 2.24) is 20.3 Å². The van der Waals surface area contributed by atoms with Crippen molar-refractivity contribution in [3.05, 3.63) is 71.9 Å². The van der Waals surface area contributed by atoms with Gasteiger partial charge in [-0.05, 0) is 37.3 Å². The number of aromatic nitrogens is 3. The Morgan fingerprint density at radius 3 is 2.57 bits per heavy atom. The lowest BCUT2D eigenvalue weighted by Crippen LogP contribution is -2.24. The molecular weight excluding hydrogens is 356 g/mol. The van der Waals surface area contributed by atoms with Crippen LogP contribution < -0.4 is 16.0 Å². The van der Waals surface area contributed by atoms with Gasteiger partial charge in [-0.3, -0.25) is 14.6 Å². The second-order valence-electron chi connectivity index (χ2n) is 6.08. The van der Waals surface area contributed by atoms with Crippen LogP contribution in [0.4, 0.5) is 17.2 Å². The van der Waals surface area contributed by atoms with Gasteiger partial charge in [0.2, 0.25) is 5.91 Å². The van der Waals surface area contributed by atoms with Crippen LogP contribution in [0.3, 0.4) is 0 Å². The summed E-state index contributed by atoms with van der Waals surface area (Å²) in [6.45, 7) is 3.47. The van der Waals surface area contributed by atoms with E-state index in [0.717, 1.165) is 11.4 Å². The summed E-state index contributed by atoms with van der Waals surface area (Å²) in [5.41, 5.74) is 2.40. The first-order valence-corrected chi connectivity index (χ1v) is 8.68. The van der Waals surface area contributed by atoms with Crippen molar-refractivity contribution < 1.29 is 9.59 Å². The van der Waals surface area contributed by atoms with Crippen molar-refractivity contribution in [3.63, 3.8) is 0 Å². The van der Waals surface area contributed by atoms with Gasteiger partial charge in [0.15, 0.2) is 0 Å². The highest BCUT2D eigenvalue weighted by atomic mass is 16.2. The molecular formula is C20H20N6O2. The molecule has 0 saturated carbocycles. The largest absolute Gasteiger partial charge is 0.345 e. The van der Waals surface area contributed by atoms with Crippen LogP contribution in [0, 0.1) is 6.92 Å². The maximum absolute atomic E-state index is 12.4. The smallest absolute Gasteiger partial charge is 0.270 e. The molecule has 0 aliphatic rings. The second-order valence-corrected chi connectivity index (χ2v) is 6.08. The molecule has 0 saturated heterocycles. The molecule has 0 atom stereocenters. The normalized spacial score (nSPS) is 10.2. The van der Waals surface area contributed by atoms with Crippen molar-refractivity contribution in [2.45, 2.75) is 20.4 Å². The first kappa shape index (κ1) is 19.0. The van der Waals surface area contributed by atoms with Gasteiger partial charge in [-0.25, -0.2) is 9.97 Å². The number of nitrogens with zero attached hydrogens (tertiary/aromatic N) is 3. The molecule has 0 bridgehead atoms. The van der Waals surface area contributed by atoms with Crippen molar-refractivity contribution in [2.24, 2.45) is 0 Å². The summed E-state index contributed by atoms with van der Waals surface area (Å²) in [5, 5.41) is 8.65. The van der Waals surface area contributed by atoms with E-state index in [0.29, 0.717) is 23.9 Å². The average molecular weight is 376 g/mol. The molecule has 3 rings (SSSR count). The molecule has 2 heterocycles. The Morgan fingerprint density at radius 2 is 1.82 bits per heavy atom. The highest BCUT2D eigenvalue weighted by molar-refractivity contribution is 5.93. The predicted octanol–water partition coefficient (Wildman–Crippen LogP) is 2.81. The molecule has 3 N–H and O–H groups in total. The molecule has 0 aliphatic heterocycles. The molecule has 2 amide bonds. The lowest BCUT2D eigenvalue weighted by Gasteiger charge is -2.10. The van der Waals surface area contributed by atoms with Gasteiger partial charge in [0.25, 0.3) is 5.91 Å². The molecule has 8 nitrogen and oxygen atoms in total. The lowest BCUT2D eigenvalue weighted by atomic mass is 10.2. The SMILES string of the molecule is CC(=O)Nc1cccc(Nc2cc(C(=O)NCc3ccccn3)nc(C)n2)c1. The molecule has 3 aromatic rings. The number of benzene rings is 1. The fourth-order valence-electron chi connectivity index (χ4n) is 2.54. The van der Waals surface area contributed by atoms with E-state index < -0.39 is 0 Å². The van der Waals surface area contributed by atoms with Crippen LogP contribution in [0.15, 0.2) is 54.7 Å². The van der Waals surface area contributed by atoms with E-state index in [1.165, 1.54) is 6.92 Å². The number of rotatable bonds is 6. The minimum Gasteiger partial charge on any atom is -0.345 e. The number of carbonyl (C=O) groups is 2. The Hall–Kier alpha value is -3.81. The minimum atomic E-state index is -0.314. The monoisotopic (exact) mass is 376 g/mol. The van der Waals surface area contributed by atoms with E-state index >= 15 is 0 Å². The van der Waals surface area contributed by atoms with E-state index in [-0.39, 0.29) is 17.5 Å². The molecule has 1 aromatic carbocycles. The van der Waals surface area contributed by atoms with E-state index in [4.69, 9.17) is 0 Å². The minimum absolute atomic E-state index is 0.151. The maximum Gasteiger partial charge on any atom is 0.270 e. The summed E-state index contributed by atoms with van der Waals surface area (Å²) in [4.78, 5) is 36.4. The number of carbonyl (C=O) groups excluding carboxylic acids is 2. The Bertz CT molecular complexity index is 991. The third-order valence-corrected chi connectivity index (χ3v) is 3.68. The van der Waals surface area contributed by atoms with E-state index in [1.54, 1.807) is 31.3 Å². The number of aryl methyl sites for hydroxylation is 1. The van der Waals surface area contributed by atoms with Gasteiger partial charge < -0.3 is 16.0 Å². The number of anilines is 3. The summed E-state index contributed by atoms with van der Waals surface area (Å²) in [5.74, 6) is 0.481. The molecule has 0 unspecified atom stereocenters. The topological polar surface area (TPSA) is 109 Å². The van der Waals surface area contributed by atoms with Crippen molar-refractivity contribution in [2.75, 3.05) is 10.6 Å². The highest BCUT2D eigenvalue weighted by Gasteiger charge is 2.11. The lowest BCUT2D eigenvalue weighted by molar-refractivity contribution is -0.114. The standard InChI is InChI=1S/C20H20N6O2/c1-13-23-18(20(28)22-12-17-6-3-4-9-21-17)11-19(24-13)26-16-8-5-7-15(10-16)25-14(2)27/h3-11H,12H2,1-2H3,(H,22,28)(H,25,27)(H,23,24,26). The summed E-state index contributed by atoms with van der Waals surface area (Å²) < 4.78 is 0. The van der Waals surface area contributed by atoms with E-state index in [2.05, 4.69) is 30.9 Å². The molecule has 8 heteroatoms. The maximum atomic E-state index is 12.4. The molecule has 2 aromatic heterocycles. The summed E-state index contributed by atoms with van der Waals surface area (Å²) in [6.07, 6.45) is 1.67. The van der Waals surface area contributed by atoms with Crippen LogP contribution >= 0.6 is 0 Å². The number of amides is 2. The van der Waals surface area contributed by atoms with Gasteiger partial charge in [0.05, 0.1) is 12.2 Å². The second kappa shape index (κ2) is 8.72. The number of hydrogen-bond donors (Lipinski definition) is 3. The summed E-state index contributed by atoms with van der Waals surface area (Å²) >= 11 is 0. The average Bonchev–Trinajstić information content (AvgIpc) is 2.66. The fraction of sp³-hybridized carbons (Fsp3) is 0.150. The highest BCUT2D eigenvalue weighted by Crippen LogP contribution is 2.19. The van der Waals surface area contributed by atoms with Crippen LogP contribution in [0.5, 0.6) is 0 Å². The van der Waals surface area contributed by atoms with Crippen LogP contribution in [-0.4, -0.2) is 26.8 Å². The number of hydrogen-bond acceptors (Lipinski definition) is 6. The third-order valence-electron chi connectivity index (χ3n) is 3.68. The molecule has 0 fully saturated rings. The quantitative estimate of drug-likeness (QED) is 0.610. The van der Waals surface area contributed by atoms with Gasteiger partial charge in [0, 0.05) is 30.6 Å². The van der Waals surface area contributed by atoms with Crippen LogP contribution in [-0.2, 0) is 11.3 Å². The number of pyridine rings is 1. The van der Waals surface area contributed by atoms with Gasteiger partial charge in [-0.2, -0.15) is 0 Å². The fourth-order valence-corrected chi connectivity index (χ4v) is 2.54. The first-order chi connectivity index (χ1) is 13.5. The third kappa shape index (κ3) is 5.34.